The number of benzene rings is 8. The summed E-state index contributed by atoms with van der Waals surface area (Å²) >= 11 is 0. The Hall–Kier alpha value is -7.01. The van der Waals surface area contributed by atoms with Crippen LogP contribution in [-0.2, 0) is 5.41 Å². The van der Waals surface area contributed by atoms with Crippen molar-refractivity contribution in [2.75, 3.05) is 0 Å². The molecule has 56 heavy (non-hydrogen) atoms. The predicted octanol–water partition coefficient (Wildman–Crippen LogP) is 11.8. The summed E-state index contributed by atoms with van der Waals surface area (Å²) in [6.07, 6.45) is -0.526. The molecule has 2 N–H and O–H groups in total. The number of hydrogen-bond acceptors (Lipinski definition) is 4. The number of aliphatic imine (C=N–C) groups is 1. The monoisotopic (exact) mass is 719 g/mol. The molecule has 3 aliphatic rings. The smallest absolute Gasteiger partial charge is 0.132 e. The summed E-state index contributed by atoms with van der Waals surface area (Å²) in [6.45, 7) is 0. The Morgan fingerprint density at radius 2 is 0.946 bits per heavy atom. The Labute approximate surface area is 326 Å². The first-order valence-corrected chi connectivity index (χ1v) is 19.3. The van der Waals surface area contributed by atoms with Crippen molar-refractivity contribution >= 4 is 5.84 Å². The van der Waals surface area contributed by atoms with Gasteiger partial charge in [0.1, 0.15) is 29.7 Å². The third kappa shape index (κ3) is 5.14. The highest BCUT2D eigenvalue weighted by molar-refractivity contribution is 6.01. The molecule has 2 atom stereocenters. The molecular formula is C52H37N3O. The molecule has 0 aromatic heterocycles. The summed E-state index contributed by atoms with van der Waals surface area (Å²) in [5.41, 5.74) is 14.6. The highest BCUT2D eigenvalue weighted by Crippen LogP contribution is 2.62. The lowest BCUT2D eigenvalue weighted by molar-refractivity contribution is 0.409. The van der Waals surface area contributed by atoms with E-state index in [9.17, 15) is 0 Å². The molecule has 0 amide bonds. The van der Waals surface area contributed by atoms with Gasteiger partial charge in [-0.05, 0) is 98.1 Å². The fourth-order valence-electron chi connectivity index (χ4n) is 9.10. The van der Waals surface area contributed by atoms with Crippen molar-refractivity contribution in [3.05, 3.63) is 239 Å². The van der Waals surface area contributed by atoms with Gasteiger partial charge in [0.25, 0.3) is 0 Å². The molecule has 0 bridgehead atoms. The largest absolute Gasteiger partial charge is 0.457 e. The highest BCUT2D eigenvalue weighted by Gasteiger charge is 2.51. The minimum Gasteiger partial charge on any atom is -0.457 e. The second kappa shape index (κ2) is 13.1. The van der Waals surface area contributed by atoms with Crippen molar-refractivity contribution in [1.29, 1.82) is 0 Å². The maximum Gasteiger partial charge on any atom is 0.132 e. The lowest BCUT2D eigenvalue weighted by atomic mass is 9.66. The average Bonchev–Trinajstić information content (AvgIpc) is 3.57. The van der Waals surface area contributed by atoms with Gasteiger partial charge in [-0.2, -0.15) is 0 Å². The number of para-hydroxylation sites is 1. The summed E-state index contributed by atoms with van der Waals surface area (Å²) in [5.74, 6) is 2.56. The van der Waals surface area contributed by atoms with Crippen molar-refractivity contribution in [3.8, 4) is 44.9 Å². The zero-order valence-electron chi connectivity index (χ0n) is 30.6. The third-order valence-corrected chi connectivity index (χ3v) is 11.6. The molecule has 0 radical (unpaired) electrons. The van der Waals surface area contributed by atoms with Crippen LogP contribution in [0.3, 0.4) is 0 Å². The van der Waals surface area contributed by atoms with E-state index in [0.29, 0.717) is 0 Å². The quantitative estimate of drug-likeness (QED) is 0.186. The molecule has 1 aliphatic carbocycles. The fraction of sp³-hybridized carbons (Fsp3) is 0.0577. The number of amidine groups is 1. The normalized spacial score (nSPS) is 17.0. The van der Waals surface area contributed by atoms with Crippen molar-refractivity contribution in [1.82, 2.24) is 10.6 Å². The number of rotatable bonds is 5. The van der Waals surface area contributed by atoms with Crippen molar-refractivity contribution in [3.63, 3.8) is 0 Å². The number of fused-ring (bicyclic) bond motifs is 9. The van der Waals surface area contributed by atoms with Gasteiger partial charge in [-0.25, -0.2) is 4.99 Å². The van der Waals surface area contributed by atoms with Crippen LogP contribution in [0.1, 0.15) is 51.3 Å². The molecule has 1 spiro atoms. The number of hydrogen-bond donors (Lipinski definition) is 2. The van der Waals surface area contributed by atoms with E-state index in [-0.39, 0.29) is 12.3 Å². The van der Waals surface area contributed by atoms with Gasteiger partial charge in [0, 0.05) is 16.7 Å². The van der Waals surface area contributed by atoms with E-state index in [1.807, 2.05) is 0 Å². The van der Waals surface area contributed by atoms with Gasteiger partial charge < -0.3 is 10.1 Å². The van der Waals surface area contributed by atoms with E-state index >= 15 is 0 Å². The second-order valence-corrected chi connectivity index (χ2v) is 14.8. The van der Waals surface area contributed by atoms with Crippen LogP contribution in [-0.4, -0.2) is 5.84 Å². The lowest BCUT2D eigenvalue weighted by Gasteiger charge is -2.40. The van der Waals surface area contributed by atoms with Gasteiger partial charge in [0.15, 0.2) is 0 Å². The molecule has 0 saturated carbocycles. The maximum atomic E-state index is 6.76. The molecule has 266 valence electrons. The third-order valence-electron chi connectivity index (χ3n) is 11.6. The molecule has 0 saturated heterocycles. The van der Waals surface area contributed by atoms with E-state index < -0.39 is 5.41 Å². The minimum absolute atomic E-state index is 0.191. The summed E-state index contributed by atoms with van der Waals surface area (Å²) in [6, 6.07) is 71.5. The van der Waals surface area contributed by atoms with Crippen molar-refractivity contribution in [2.24, 2.45) is 4.99 Å². The molecule has 8 aromatic rings. The maximum absolute atomic E-state index is 6.76. The zero-order chi connectivity index (χ0) is 37.1. The molecule has 8 aromatic carbocycles. The van der Waals surface area contributed by atoms with E-state index in [1.165, 1.54) is 33.4 Å². The molecule has 11 rings (SSSR count). The van der Waals surface area contributed by atoms with Gasteiger partial charge in [-0.3, -0.25) is 5.32 Å². The first-order chi connectivity index (χ1) is 27.7. The predicted molar refractivity (Wildman–Crippen MR) is 226 cm³/mol. The molecule has 4 nitrogen and oxygen atoms in total. The van der Waals surface area contributed by atoms with E-state index in [0.717, 1.165) is 56.3 Å². The highest BCUT2D eigenvalue weighted by atomic mass is 16.5. The Balaban J connectivity index is 1.11. The molecule has 2 unspecified atom stereocenters. The van der Waals surface area contributed by atoms with Gasteiger partial charge >= 0.3 is 0 Å². The molecule has 0 fully saturated rings. The fourth-order valence-corrected chi connectivity index (χ4v) is 9.10. The Bertz CT molecular complexity index is 2690. The molecule has 2 heterocycles. The lowest BCUT2D eigenvalue weighted by Crippen LogP contribution is -2.45. The molecule has 4 heteroatoms. The zero-order valence-corrected chi connectivity index (χ0v) is 30.6. The summed E-state index contributed by atoms with van der Waals surface area (Å²) in [4.78, 5) is 5.52. The van der Waals surface area contributed by atoms with Crippen LogP contribution < -0.4 is 15.4 Å². The number of nitrogens with zero attached hydrogens (tertiary/aromatic N) is 1. The SMILES string of the molecule is c1ccc(-c2cc(-c3ccccc3)cc(C3N=C(c4ccc5c(c4)C4(c6ccccc6O5)c5ccccc5-c5ccccc54)NC(c4ccccc4)N3)c2)cc1. The Morgan fingerprint density at radius 1 is 0.411 bits per heavy atom. The van der Waals surface area contributed by atoms with Gasteiger partial charge in [-0.15, -0.1) is 0 Å². The van der Waals surface area contributed by atoms with Crippen LogP contribution in [0.25, 0.3) is 33.4 Å². The van der Waals surface area contributed by atoms with E-state index in [4.69, 9.17) is 9.73 Å². The van der Waals surface area contributed by atoms with Gasteiger partial charge in [0.2, 0.25) is 0 Å². The summed E-state index contributed by atoms with van der Waals surface area (Å²) < 4.78 is 6.76. The average molecular weight is 720 g/mol. The van der Waals surface area contributed by atoms with Crippen LogP contribution >= 0.6 is 0 Å². The van der Waals surface area contributed by atoms with E-state index in [1.54, 1.807) is 0 Å². The molecular weight excluding hydrogens is 683 g/mol. The Morgan fingerprint density at radius 3 is 1.59 bits per heavy atom. The Kier molecular flexibility index (Phi) is 7.58. The first kappa shape index (κ1) is 32.4. The summed E-state index contributed by atoms with van der Waals surface area (Å²) in [5, 5.41) is 7.69. The summed E-state index contributed by atoms with van der Waals surface area (Å²) in [7, 11) is 0. The van der Waals surface area contributed by atoms with Crippen LogP contribution in [0.4, 0.5) is 0 Å². The first-order valence-electron chi connectivity index (χ1n) is 19.3. The minimum atomic E-state index is -0.562. The van der Waals surface area contributed by atoms with Crippen molar-refractivity contribution in [2.45, 2.75) is 17.7 Å². The standard InChI is InChI=1S/C52H37N3O/c1-4-16-34(17-5-1)38-30-39(35-18-6-2-7-19-35)32-40(31-38)51-54-49(36-20-8-3-9-21-36)53-50(55-51)37-28-29-48-46(33-37)52(45-26-14-15-27-47(45)56-48)43-24-12-10-22-41(43)42-23-11-13-25-44(42)52/h1-33,49,51,54H,(H,53,55). The van der Waals surface area contributed by atoms with Crippen molar-refractivity contribution < 1.29 is 4.74 Å². The molecule has 2 aliphatic heterocycles. The second-order valence-electron chi connectivity index (χ2n) is 14.8. The van der Waals surface area contributed by atoms with E-state index in [2.05, 4.69) is 211 Å². The number of ether oxygens (including phenoxy) is 1. The van der Waals surface area contributed by atoms with Crippen LogP contribution in [0, 0.1) is 0 Å². The van der Waals surface area contributed by atoms with Gasteiger partial charge in [-0.1, -0.05) is 158 Å². The van der Waals surface area contributed by atoms with Crippen LogP contribution in [0.5, 0.6) is 11.5 Å². The van der Waals surface area contributed by atoms with Crippen LogP contribution in [0.2, 0.25) is 0 Å². The van der Waals surface area contributed by atoms with Gasteiger partial charge in [0.05, 0.1) is 5.41 Å². The number of nitrogens with one attached hydrogen (secondary N) is 2. The van der Waals surface area contributed by atoms with Crippen LogP contribution in [0.15, 0.2) is 205 Å². The topological polar surface area (TPSA) is 45.6 Å².